The summed E-state index contributed by atoms with van der Waals surface area (Å²) in [5.41, 5.74) is 5.46. The highest BCUT2D eigenvalue weighted by atomic mass is 32.2. The Hall–Kier alpha value is -3.25. The summed E-state index contributed by atoms with van der Waals surface area (Å²) in [6.07, 6.45) is 1.74. The Balaban J connectivity index is 1.66. The number of carboxylic acid groups (broad SMARTS) is 1. The second-order valence-corrected chi connectivity index (χ2v) is 8.01. The molecular weight excluding hydrogens is 384 g/mol. The van der Waals surface area contributed by atoms with Gasteiger partial charge in [0.15, 0.2) is 0 Å². The number of aromatic amines is 1. The van der Waals surface area contributed by atoms with E-state index in [-0.39, 0.29) is 11.5 Å². The van der Waals surface area contributed by atoms with Crippen LogP contribution in [0.1, 0.15) is 38.4 Å². The van der Waals surface area contributed by atoms with Crippen molar-refractivity contribution in [2.45, 2.75) is 24.5 Å². The van der Waals surface area contributed by atoms with Crippen LogP contribution in [0.25, 0.3) is 11.6 Å². The molecule has 1 aliphatic rings. The lowest BCUT2D eigenvalue weighted by Crippen LogP contribution is -2.03. The SMILES string of the molecule is Cc1[nH]c(/C=C2\C(=O)Nc3ccc(SCc4ccccc4)cc32)c(C)c1C(=O)O. The van der Waals surface area contributed by atoms with E-state index in [1.807, 2.05) is 36.4 Å². The van der Waals surface area contributed by atoms with Gasteiger partial charge in [-0.05, 0) is 49.2 Å². The normalized spacial score (nSPS) is 14.1. The molecule has 3 aromatic rings. The highest BCUT2D eigenvalue weighted by molar-refractivity contribution is 7.98. The summed E-state index contributed by atoms with van der Waals surface area (Å²) in [4.78, 5) is 28.2. The van der Waals surface area contributed by atoms with Crippen LogP contribution in [0.5, 0.6) is 0 Å². The Morgan fingerprint density at radius 3 is 2.59 bits per heavy atom. The standard InChI is InChI=1S/C23H20N2O3S/c1-13-20(24-14(2)21(13)23(27)28)11-18-17-10-16(8-9-19(17)25-22(18)26)29-12-15-6-4-3-5-7-15/h3-11,24H,12H2,1-2H3,(H,25,26)(H,27,28)/b18-11-. The molecule has 0 saturated carbocycles. The number of nitrogens with one attached hydrogen (secondary N) is 2. The molecule has 5 nitrogen and oxygen atoms in total. The van der Waals surface area contributed by atoms with Crippen molar-refractivity contribution in [2.24, 2.45) is 0 Å². The molecule has 0 aliphatic carbocycles. The first-order valence-corrected chi connectivity index (χ1v) is 10.2. The minimum absolute atomic E-state index is 0.186. The Labute approximate surface area is 172 Å². The molecule has 0 atom stereocenters. The van der Waals surface area contributed by atoms with Gasteiger partial charge in [0.05, 0.1) is 11.1 Å². The third-order valence-electron chi connectivity index (χ3n) is 5.00. The minimum Gasteiger partial charge on any atom is -0.478 e. The number of carboxylic acids is 1. The number of hydrogen-bond donors (Lipinski definition) is 3. The van der Waals surface area contributed by atoms with Crippen molar-refractivity contribution >= 4 is 41.0 Å². The van der Waals surface area contributed by atoms with Crippen molar-refractivity contribution in [1.29, 1.82) is 0 Å². The van der Waals surface area contributed by atoms with Crippen molar-refractivity contribution in [1.82, 2.24) is 4.98 Å². The molecule has 1 aromatic heterocycles. The molecule has 4 rings (SSSR count). The van der Waals surface area contributed by atoms with Gasteiger partial charge >= 0.3 is 5.97 Å². The molecule has 0 spiro atoms. The molecule has 0 unspecified atom stereocenters. The number of aromatic nitrogens is 1. The van der Waals surface area contributed by atoms with Crippen LogP contribution in [-0.4, -0.2) is 22.0 Å². The van der Waals surface area contributed by atoms with E-state index in [2.05, 4.69) is 22.4 Å². The summed E-state index contributed by atoms with van der Waals surface area (Å²) in [6, 6.07) is 16.1. The second kappa shape index (κ2) is 7.64. The summed E-state index contributed by atoms with van der Waals surface area (Å²) >= 11 is 1.71. The highest BCUT2D eigenvalue weighted by Crippen LogP contribution is 2.37. The van der Waals surface area contributed by atoms with E-state index >= 15 is 0 Å². The van der Waals surface area contributed by atoms with Gasteiger partial charge in [0.1, 0.15) is 0 Å². The van der Waals surface area contributed by atoms with Gasteiger partial charge in [-0.15, -0.1) is 11.8 Å². The van der Waals surface area contributed by atoms with Gasteiger partial charge in [0, 0.05) is 33.3 Å². The van der Waals surface area contributed by atoms with Gasteiger partial charge < -0.3 is 15.4 Å². The molecule has 3 N–H and O–H groups in total. The maximum Gasteiger partial charge on any atom is 0.337 e. The first kappa shape index (κ1) is 19.1. The van der Waals surface area contributed by atoms with E-state index in [4.69, 9.17) is 0 Å². The number of thioether (sulfide) groups is 1. The maximum absolute atomic E-state index is 12.5. The van der Waals surface area contributed by atoms with E-state index in [1.165, 1.54) is 5.56 Å². The lowest BCUT2D eigenvalue weighted by atomic mass is 10.0. The van der Waals surface area contributed by atoms with E-state index in [9.17, 15) is 14.7 Å². The average molecular weight is 404 g/mol. The third-order valence-corrected chi connectivity index (χ3v) is 6.07. The number of anilines is 1. The first-order valence-electron chi connectivity index (χ1n) is 9.20. The Morgan fingerprint density at radius 2 is 1.90 bits per heavy atom. The lowest BCUT2D eigenvalue weighted by molar-refractivity contribution is -0.110. The predicted octanol–water partition coefficient (Wildman–Crippen LogP) is 5.11. The summed E-state index contributed by atoms with van der Waals surface area (Å²) in [6.45, 7) is 3.47. The van der Waals surface area contributed by atoms with Crippen molar-refractivity contribution < 1.29 is 14.7 Å². The number of H-pyrrole nitrogens is 1. The number of aromatic carboxylic acids is 1. The largest absolute Gasteiger partial charge is 0.478 e. The molecule has 0 saturated heterocycles. The van der Waals surface area contributed by atoms with Crippen LogP contribution < -0.4 is 5.32 Å². The molecule has 1 amide bonds. The van der Waals surface area contributed by atoms with Gasteiger partial charge in [0.25, 0.3) is 5.91 Å². The van der Waals surface area contributed by atoms with Gasteiger partial charge in [-0.1, -0.05) is 30.3 Å². The maximum atomic E-state index is 12.5. The number of amides is 1. The van der Waals surface area contributed by atoms with Gasteiger partial charge in [-0.2, -0.15) is 0 Å². The van der Waals surface area contributed by atoms with Crippen molar-refractivity contribution in [2.75, 3.05) is 5.32 Å². The van der Waals surface area contributed by atoms with Crippen LogP contribution in [0, 0.1) is 13.8 Å². The summed E-state index contributed by atoms with van der Waals surface area (Å²) in [7, 11) is 0. The van der Waals surface area contributed by atoms with Crippen LogP contribution in [0.15, 0.2) is 53.4 Å². The number of rotatable bonds is 5. The number of carbonyl (C=O) groups excluding carboxylic acids is 1. The lowest BCUT2D eigenvalue weighted by Gasteiger charge is -2.05. The summed E-state index contributed by atoms with van der Waals surface area (Å²) < 4.78 is 0. The van der Waals surface area contributed by atoms with Crippen LogP contribution in [0.2, 0.25) is 0 Å². The van der Waals surface area contributed by atoms with E-state index in [1.54, 1.807) is 31.7 Å². The average Bonchev–Trinajstić information content (AvgIpc) is 3.16. The van der Waals surface area contributed by atoms with E-state index < -0.39 is 5.97 Å². The number of hydrogen-bond acceptors (Lipinski definition) is 3. The molecule has 2 heterocycles. The zero-order chi connectivity index (χ0) is 20.5. The molecule has 2 aromatic carbocycles. The fourth-order valence-electron chi connectivity index (χ4n) is 3.52. The minimum atomic E-state index is -0.975. The van der Waals surface area contributed by atoms with Gasteiger partial charge in [-0.25, -0.2) is 4.79 Å². The second-order valence-electron chi connectivity index (χ2n) is 6.96. The molecule has 146 valence electrons. The summed E-state index contributed by atoms with van der Waals surface area (Å²) in [5, 5.41) is 12.3. The van der Waals surface area contributed by atoms with Crippen LogP contribution in [-0.2, 0) is 10.5 Å². The summed E-state index contributed by atoms with van der Waals surface area (Å²) in [5.74, 6) is -0.317. The van der Waals surface area contributed by atoms with Crippen molar-refractivity contribution in [3.8, 4) is 0 Å². The van der Waals surface area contributed by atoms with Crippen LogP contribution in [0.4, 0.5) is 5.69 Å². The quantitative estimate of drug-likeness (QED) is 0.407. The molecule has 6 heteroatoms. The van der Waals surface area contributed by atoms with Crippen molar-refractivity contribution in [3.63, 3.8) is 0 Å². The molecule has 1 aliphatic heterocycles. The zero-order valence-electron chi connectivity index (χ0n) is 16.1. The van der Waals surface area contributed by atoms with Crippen LogP contribution in [0.3, 0.4) is 0 Å². The number of carbonyl (C=O) groups is 2. The molecular formula is C23H20N2O3S. The number of fused-ring (bicyclic) bond motifs is 1. The zero-order valence-corrected chi connectivity index (χ0v) is 16.9. The number of benzene rings is 2. The smallest absolute Gasteiger partial charge is 0.337 e. The van der Waals surface area contributed by atoms with Gasteiger partial charge in [-0.3, -0.25) is 4.79 Å². The molecule has 0 radical (unpaired) electrons. The van der Waals surface area contributed by atoms with Gasteiger partial charge in [0.2, 0.25) is 0 Å². The third kappa shape index (κ3) is 3.71. The van der Waals surface area contributed by atoms with Crippen molar-refractivity contribution in [3.05, 3.63) is 82.2 Å². The molecule has 0 bridgehead atoms. The fourth-order valence-corrected chi connectivity index (χ4v) is 4.42. The van der Waals surface area contributed by atoms with E-state index in [0.29, 0.717) is 22.5 Å². The number of aryl methyl sites for hydroxylation is 1. The van der Waals surface area contributed by atoms with Crippen LogP contribution >= 0.6 is 11.8 Å². The highest BCUT2D eigenvalue weighted by Gasteiger charge is 2.26. The Morgan fingerprint density at radius 1 is 1.14 bits per heavy atom. The monoisotopic (exact) mass is 404 g/mol. The fraction of sp³-hybridized carbons (Fsp3) is 0.130. The Kier molecular flexibility index (Phi) is 5.03. The molecule has 0 fully saturated rings. The molecule has 29 heavy (non-hydrogen) atoms. The Bertz CT molecular complexity index is 1150. The first-order chi connectivity index (χ1) is 13.9. The topological polar surface area (TPSA) is 82.2 Å². The van der Waals surface area contributed by atoms with E-state index in [0.717, 1.165) is 21.9 Å². The predicted molar refractivity (Wildman–Crippen MR) is 116 cm³/mol.